The lowest BCUT2D eigenvalue weighted by molar-refractivity contribution is 0.126. The van der Waals surface area contributed by atoms with Crippen molar-refractivity contribution in [1.82, 2.24) is 8.75 Å². The largest absolute Gasteiger partial charge is 0.473 e. The Hall–Kier alpha value is -1.69. The fourth-order valence-corrected chi connectivity index (χ4v) is 4.34. The second-order valence-electron chi connectivity index (χ2n) is 6.78. The first kappa shape index (κ1) is 15.8. The van der Waals surface area contributed by atoms with Gasteiger partial charge in [0.1, 0.15) is 11.9 Å². The van der Waals surface area contributed by atoms with Crippen molar-refractivity contribution in [2.24, 2.45) is 11.8 Å². The zero-order chi connectivity index (χ0) is 16.4. The SMILES string of the molecule is Fc1ccc(CCCOc2nsnc2O[C@@H]2C[C@H]3CC[C@@H]2C3)cc1. The molecule has 0 aliphatic heterocycles. The van der Waals surface area contributed by atoms with Crippen LogP contribution >= 0.6 is 11.7 Å². The van der Waals surface area contributed by atoms with Crippen LogP contribution in [0.4, 0.5) is 4.39 Å². The van der Waals surface area contributed by atoms with Crippen LogP contribution in [-0.2, 0) is 6.42 Å². The summed E-state index contributed by atoms with van der Waals surface area (Å²) >= 11 is 1.13. The van der Waals surface area contributed by atoms with Gasteiger partial charge < -0.3 is 9.47 Å². The third-order valence-electron chi connectivity index (χ3n) is 5.13. The van der Waals surface area contributed by atoms with Crippen LogP contribution in [0.15, 0.2) is 24.3 Å². The van der Waals surface area contributed by atoms with Crippen molar-refractivity contribution >= 4 is 11.7 Å². The Morgan fingerprint density at radius 3 is 2.67 bits per heavy atom. The molecule has 2 aliphatic carbocycles. The van der Waals surface area contributed by atoms with Gasteiger partial charge in [0, 0.05) is 0 Å². The maximum Gasteiger partial charge on any atom is 0.291 e. The predicted molar refractivity (Wildman–Crippen MR) is 90.0 cm³/mol. The van der Waals surface area contributed by atoms with Crippen LogP contribution in [0.1, 0.15) is 37.7 Å². The topological polar surface area (TPSA) is 44.2 Å². The van der Waals surface area contributed by atoms with Crippen molar-refractivity contribution in [3.8, 4) is 11.8 Å². The van der Waals surface area contributed by atoms with E-state index >= 15 is 0 Å². The Morgan fingerprint density at radius 1 is 1.08 bits per heavy atom. The minimum Gasteiger partial charge on any atom is -0.473 e. The summed E-state index contributed by atoms with van der Waals surface area (Å²) in [4.78, 5) is 0. The second kappa shape index (κ2) is 7.05. The number of aromatic nitrogens is 2. The van der Waals surface area contributed by atoms with Crippen molar-refractivity contribution in [2.75, 3.05) is 6.61 Å². The molecule has 6 heteroatoms. The lowest BCUT2D eigenvalue weighted by Gasteiger charge is -2.21. The number of halogens is 1. The number of hydrogen-bond acceptors (Lipinski definition) is 5. The summed E-state index contributed by atoms with van der Waals surface area (Å²) in [5.41, 5.74) is 1.11. The fraction of sp³-hybridized carbons (Fsp3) is 0.556. The Morgan fingerprint density at radius 2 is 1.92 bits per heavy atom. The molecule has 0 spiro atoms. The van der Waals surface area contributed by atoms with Gasteiger partial charge in [0.25, 0.3) is 11.8 Å². The van der Waals surface area contributed by atoms with Crippen molar-refractivity contribution in [2.45, 2.75) is 44.6 Å². The Balaban J connectivity index is 1.25. The van der Waals surface area contributed by atoms with E-state index in [9.17, 15) is 4.39 Å². The highest BCUT2D eigenvalue weighted by Crippen LogP contribution is 2.46. The second-order valence-corrected chi connectivity index (χ2v) is 7.31. The summed E-state index contributed by atoms with van der Waals surface area (Å²) in [6.45, 7) is 0.551. The molecule has 0 N–H and O–H groups in total. The van der Waals surface area contributed by atoms with Gasteiger partial charge in [0.15, 0.2) is 0 Å². The minimum atomic E-state index is -0.203. The van der Waals surface area contributed by atoms with E-state index in [1.165, 1.54) is 31.4 Å². The van der Waals surface area contributed by atoms with Crippen LogP contribution in [0.5, 0.6) is 11.8 Å². The number of fused-ring (bicyclic) bond motifs is 2. The highest BCUT2D eigenvalue weighted by molar-refractivity contribution is 6.99. The van der Waals surface area contributed by atoms with Crippen LogP contribution in [-0.4, -0.2) is 21.5 Å². The molecule has 4 nitrogen and oxygen atoms in total. The van der Waals surface area contributed by atoms with E-state index in [4.69, 9.17) is 9.47 Å². The predicted octanol–water partition coefficient (Wildman–Crippen LogP) is 4.26. The third-order valence-corrected chi connectivity index (χ3v) is 5.62. The molecule has 2 aromatic rings. The molecule has 2 fully saturated rings. The first-order chi connectivity index (χ1) is 11.8. The Labute approximate surface area is 145 Å². The number of hydrogen-bond donors (Lipinski definition) is 0. The molecular weight excluding hydrogens is 327 g/mol. The van der Waals surface area contributed by atoms with Crippen LogP contribution in [0, 0.1) is 17.7 Å². The first-order valence-corrected chi connectivity index (χ1v) is 9.37. The number of nitrogens with zero attached hydrogens (tertiary/aromatic N) is 2. The molecule has 24 heavy (non-hydrogen) atoms. The summed E-state index contributed by atoms with van der Waals surface area (Å²) in [6, 6.07) is 6.59. The van der Waals surface area contributed by atoms with Gasteiger partial charge >= 0.3 is 0 Å². The average molecular weight is 348 g/mol. The molecule has 2 aliphatic rings. The quantitative estimate of drug-likeness (QED) is 0.702. The van der Waals surface area contributed by atoms with Gasteiger partial charge in [0.05, 0.1) is 18.3 Å². The average Bonchev–Trinajstić information content (AvgIpc) is 3.31. The molecule has 128 valence electrons. The van der Waals surface area contributed by atoms with Crippen LogP contribution in [0.25, 0.3) is 0 Å². The van der Waals surface area contributed by atoms with Crippen LogP contribution in [0.2, 0.25) is 0 Å². The van der Waals surface area contributed by atoms with Gasteiger partial charge in [-0.25, -0.2) is 4.39 Å². The third kappa shape index (κ3) is 3.53. The van der Waals surface area contributed by atoms with Crippen molar-refractivity contribution in [3.05, 3.63) is 35.6 Å². The summed E-state index contributed by atoms with van der Waals surface area (Å²) in [6.07, 6.45) is 7.06. The van der Waals surface area contributed by atoms with E-state index in [2.05, 4.69) is 8.75 Å². The summed E-state index contributed by atoms with van der Waals surface area (Å²) < 4.78 is 33.2. The number of ether oxygens (including phenoxy) is 2. The molecular formula is C18H21FN2O2S. The van der Waals surface area contributed by atoms with Gasteiger partial charge in [-0.1, -0.05) is 12.1 Å². The van der Waals surface area contributed by atoms with Crippen LogP contribution in [0.3, 0.4) is 0 Å². The summed E-state index contributed by atoms with van der Waals surface area (Å²) in [5.74, 6) is 2.39. The fourth-order valence-electron chi connectivity index (χ4n) is 3.90. The van der Waals surface area contributed by atoms with Gasteiger partial charge in [0.2, 0.25) is 0 Å². The highest BCUT2D eigenvalue weighted by atomic mass is 32.1. The molecule has 1 heterocycles. The smallest absolute Gasteiger partial charge is 0.291 e. The zero-order valence-electron chi connectivity index (χ0n) is 13.5. The summed E-state index contributed by atoms with van der Waals surface area (Å²) in [5, 5.41) is 0. The van der Waals surface area contributed by atoms with Gasteiger partial charge in [-0.3, -0.25) is 0 Å². The van der Waals surface area contributed by atoms with Crippen LogP contribution < -0.4 is 9.47 Å². The molecule has 1 aromatic heterocycles. The van der Waals surface area contributed by atoms with E-state index < -0.39 is 0 Å². The Bertz CT molecular complexity index is 676. The van der Waals surface area contributed by atoms with E-state index in [1.54, 1.807) is 0 Å². The molecule has 2 saturated carbocycles. The van der Waals surface area contributed by atoms with E-state index in [1.807, 2.05) is 12.1 Å². The molecule has 4 rings (SSSR count). The molecule has 0 unspecified atom stereocenters. The van der Waals surface area contributed by atoms with E-state index in [0.717, 1.165) is 42.5 Å². The number of benzene rings is 1. The maximum absolute atomic E-state index is 12.9. The van der Waals surface area contributed by atoms with Crippen molar-refractivity contribution in [1.29, 1.82) is 0 Å². The van der Waals surface area contributed by atoms with Gasteiger partial charge in [-0.05, 0) is 68.1 Å². The lowest BCUT2D eigenvalue weighted by Crippen LogP contribution is -2.23. The van der Waals surface area contributed by atoms with E-state index in [0.29, 0.717) is 24.3 Å². The van der Waals surface area contributed by atoms with Crippen molar-refractivity contribution < 1.29 is 13.9 Å². The Kier molecular flexibility index (Phi) is 4.65. The summed E-state index contributed by atoms with van der Waals surface area (Å²) in [7, 11) is 0. The minimum absolute atomic E-state index is 0.203. The molecule has 1 aromatic carbocycles. The first-order valence-electron chi connectivity index (χ1n) is 8.64. The van der Waals surface area contributed by atoms with E-state index in [-0.39, 0.29) is 11.9 Å². The number of aryl methyl sites for hydroxylation is 1. The monoisotopic (exact) mass is 348 g/mol. The molecule has 0 saturated heterocycles. The zero-order valence-corrected chi connectivity index (χ0v) is 14.3. The van der Waals surface area contributed by atoms with Gasteiger partial charge in [-0.2, -0.15) is 0 Å². The maximum atomic E-state index is 12.9. The normalized spacial score (nSPS) is 25.1. The molecule has 0 radical (unpaired) electrons. The lowest BCUT2D eigenvalue weighted by atomic mass is 9.98. The highest BCUT2D eigenvalue weighted by Gasteiger charge is 2.41. The standard InChI is InChI=1S/C18H21FN2O2S/c19-15-7-4-12(5-8-15)2-1-9-22-17-18(21-24-20-17)23-16-11-13-3-6-14(16)10-13/h4-5,7-8,13-14,16H,1-3,6,9-11H2/t13-,14+,16+/m0/s1. The molecule has 3 atom stereocenters. The van der Waals surface area contributed by atoms with Gasteiger partial charge in [-0.15, -0.1) is 8.75 Å². The number of rotatable bonds is 7. The molecule has 0 amide bonds. The molecule has 2 bridgehead atoms. The van der Waals surface area contributed by atoms with Crippen molar-refractivity contribution in [3.63, 3.8) is 0 Å².